The number of amides is 2. The Balaban J connectivity index is 2.99. The van der Waals surface area contributed by atoms with E-state index in [4.69, 9.17) is 18.0 Å². The van der Waals surface area contributed by atoms with E-state index in [0.29, 0.717) is 0 Å². The lowest BCUT2D eigenvalue weighted by molar-refractivity contribution is -0.141. The van der Waals surface area contributed by atoms with E-state index in [2.05, 4.69) is 0 Å². The topological polar surface area (TPSA) is 66.6 Å². The van der Waals surface area contributed by atoms with Gasteiger partial charge in [0.05, 0.1) is 0 Å². The molecule has 1 rings (SSSR count). The summed E-state index contributed by atoms with van der Waals surface area (Å²) in [5.41, 5.74) is 5.32. The third-order valence-electron chi connectivity index (χ3n) is 1.77. The quantitative estimate of drug-likeness (QED) is 0.371. The van der Waals surface area contributed by atoms with Crippen LogP contribution >= 0.6 is 12.2 Å². The van der Waals surface area contributed by atoms with Crippen LogP contribution in [0.1, 0.15) is 0 Å². The van der Waals surface area contributed by atoms with E-state index in [1.165, 1.54) is 23.9 Å². The first-order chi connectivity index (χ1) is 5.46. The predicted molar refractivity (Wildman–Crippen MR) is 46.1 cm³/mol. The summed E-state index contributed by atoms with van der Waals surface area (Å²) in [5, 5.41) is 0.187. The minimum atomic E-state index is -1.10. The zero-order valence-electron chi connectivity index (χ0n) is 6.77. The van der Waals surface area contributed by atoms with Crippen LogP contribution in [0.3, 0.4) is 0 Å². The molecule has 0 atom stereocenters. The van der Waals surface area contributed by atoms with Crippen LogP contribution in [0.15, 0.2) is 0 Å². The normalized spacial score (nSPS) is 20.8. The van der Waals surface area contributed by atoms with Gasteiger partial charge in [0.1, 0.15) is 0 Å². The summed E-state index contributed by atoms with van der Waals surface area (Å²) < 4.78 is 0. The van der Waals surface area contributed by atoms with E-state index < -0.39 is 17.9 Å². The first-order valence-corrected chi connectivity index (χ1v) is 3.72. The summed E-state index contributed by atoms with van der Waals surface area (Å²) in [5.74, 6) is -0.911. The average Bonchev–Trinajstić information content (AvgIpc) is 2.08. The Morgan fingerprint density at radius 2 is 1.58 bits per heavy atom. The molecule has 0 spiro atoms. The second kappa shape index (κ2) is 2.80. The lowest BCUT2D eigenvalue weighted by Crippen LogP contribution is -2.62. The van der Waals surface area contributed by atoms with Crippen LogP contribution in [0.2, 0.25) is 0 Å². The SMILES string of the molecule is CN1C(=O)C(N)C(=O)N(C)C1=S. The first-order valence-electron chi connectivity index (χ1n) is 3.31. The van der Waals surface area contributed by atoms with Crippen LogP contribution in [-0.4, -0.2) is 46.9 Å². The maximum absolute atomic E-state index is 11.2. The molecule has 0 aromatic rings. The highest BCUT2D eigenvalue weighted by Gasteiger charge is 2.37. The monoisotopic (exact) mass is 187 g/mol. The molecule has 0 aromatic carbocycles. The fraction of sp³-hybridized carbons (Fsp3) is 0.500. The van der Waals surface area contributed by atoms with Gasteiger partial charge >= 0.3 is 0 Å². The molecular formula is C6H9N3O2S. The number of rotatable bonds is 0. The van der Waals surface area contributed by atoms with E-state index in [1.54, 1.807) is 0 Å². The molecule has 0 saturated carbocycles. The highest BCUT2D eigenvalue weighted by molar-refractivity contribution is 7.80. The zero-order valence-corrected chi connectivity index (χ0v) is 7.59. The van der Waals surface area contributed by atoms with Crippen LogP contribution < -0.4 is 5.73 Å². The van der Waals surface area contributed by atoms with Gasteiger partial charge in [0.2, 0.25) is 0 Å². The number of thiocarbonyl (C=S) groups is 1. The Morgan fingerprint density at radius 1 is 1.25 bits per heavy atom. The van der Waals surface area contributed by atoms with Crippen molar-refractivity contribution in [1.82, 2.24) is 9.80 Å². The van der Waals surface area contributed by atoms with Gasteiger partial charge in [-0.15, -0.1) is 0 Å². The fourth-order valence-corrected chi connectivity index (χ4v) is 1.12. The molecule has 1 aliphatic rings. The molecule has 2 amide bonds. The van der Waals surface area contributed by atoms with Gasteiger partial charge in [0.25, 0.3) is 11.8 Å². The Kier molecular flexibility index (Phi) is 2.12. The van der Waals surface area contributed by atoms with Crippen molar-refractivity contribution in [1.29, 1.82) is 0 Å². The van der Waals surface area contributed by atoms with Gasteiger partial charge in [-0.05, 0) is 12.2 Å². The van der Waals surface area contributed by atoms with Crippen LogP contribution in [0.25, 0.3) is 0 Å². The van der Waals surface area contributed by atoms with Gasteiger partial charge in [-0.3, -0.25) is 19.4 Å². The van der Waals surface area contributed by atoms with E-state index in [9.17, 15) is 9.59 Å². The summed E-state index contributed by atoms with van der Waals surface area (Å²) in [6.07, 6.45) is 0. The van der Waals surface area contributed by atoms with Gasteiger partial charge in [0.15, 0.2) is 11.2 Å². The molecule has 0 bridgehead atoms. The van der Waals surface area contributed by atoms with Crippen molar-refractivity contribution >= 4 is 29.1 Å². The summed E-state index contributed by atoms with van der Waals surface area (Å²) in [7, 11) is 2.99. The molecule has 5 nitrogen and oxygen atoms in total. The van der Waals surface area contributed by atoms with Crippen LogP contribution in [0, 0.1) is 0 Å². The lowest BCUT2D eigenvalue weighted by atomic mass is 10.2. The van der Waals surface area contributed by atoms with E-state index in [-0.39, 0.29) is 5.11 Å². The summed E-state index contributed by atoms with van der Waals surface area (Å²) in [6, 6.07) is -1.10. The Bertz CT molecular complexity index is 205. The number of hydrogen-bond acceptors (Lipinski definition) is 4. The number of hydrogen-bond donors (Lipinski definition) is 1. The second-order valence-corrected chi connectivity index (χ2v) is 2.92. The molecule has 2 N–H and O–H groups in total. The molecule has 6 heteroatoms. The van der Waals surface area contributed by atoms with Gasteiger partial charge in [-0.2, -0.15) is 0 Å². The number of nitrogens with two attached hydrogens (primary N) is 1. The molecule has 1 fully saturated rings. The van der Waals surface area contributed by atoms with Gasteiger partial charge in [0, 0.05) is 14.1 Å². The van der Waals surface area contributed by atoms with Crippen molar-refractivity contribution in [3.63, 3.8) is 0 Å². The van der Waals surface area contributed by atoms with Gasteiger partial charge in [-0.25, -0.2) is 0 Å². The van der Waals surface area contributed by atoms with Crippen molar-refractivity contribution in [2.75, 3.05) is 14.1 Å². The molecule has 0 aromatic heterocycles. The van der Waals surface area contributed by atoms with E-state index in [0.717, 1.165) is 0 Å². The highest BCUT2D eigenvalue weighted by atomic mass is 32.1. The second-order valence-electron chi connectivity index (χ2n) is 2.55. The molecule has 12 heavy (non-hydrogen) atoms. The molecule has 0 unspecified atom stereocenters. The van der Waals surface area contributed by atoms with Gasteiger partial charge < -0.3 is 5.73 Å². The number of carbonyl (C=O) groups is 2. The average molecular weight is 187 g/mol. The molecule has 0 radical (unpaired) electrons. The molecule has 1 saturated heterocycles. The molecular weight excluding hydrogens is 178 g/mol. The standard InChI is InChI=1S/C6H9N3O2S/c1-8-4(10)3(7)5(11)9(2)6(8)12/h3H,7H2,1-2H3. The highest BCUT2D eigenvalue weighted by Crippen LogP contribution is 2.07. The van der Waals surface area contributed by atoms with Crippen molar-refractivity contribution in [3.05, 3.63) is 0 Å². The van der Waals surface area contributed by atoms with E-state index >= 15 is 0 Å². The molecule has 66 valence electrons. The van der Waals surface area contributed by atoms with Crippen LogP contribution in [0.5, 0.6) is 0 Å². The van der Waals surface area contributed by atoms with E-state index in [1.807, 2.05) is 0 Å². The Morgan fingerprint density at radius 3 is 1.92 bits per heavy atom. The van der Waals surface area contributed by atoms with Crippen molar-refractivity contribution in [3.8, 4) is 0 Å². The maximum Gasteiger partial charge on any atom is 0.255 e. The van der Waals surface area contributed by atoms with Crippen molar-refractivity contribution < 1.29 is 9.59 Å². The predicted octanol–water partition coefficient (Wildman–Crippen LogP) is -1.47. The number of likely N-dealkylation sites (N-methyl/N-ethyl adjacent to an activating group) is 2. The zero-order chi connectivity index (χ0) is 9.46. The summed E-state index contributed by atoms with van der Waals surface area (Å²) in [4.78, 5) is 24.7. The minimum Gasteiger partial charge on any atom is -0.312 e. The molecule has 1 heterocycles. The Labute approximate surface area is 75.1 Å². The minimum absolute atomic E-state index is 0.187. The maximum atomic E-state index is 11.2. The van der Waals surface area contributed by atoms with Gasteiger partial charge in [-0.1, -0.05) is 0 Å². The number of carbonyl (C=O) groups excluding carboxylic acids is 2. The molecule has 0 aliphatic carbocycles. The summed E-state index contributed by atoms with van der Waals surface area (Å²) >= 11 is 4.81. The fourth-order valence-electron chi connectivity index (χ4n) is 0.936. The largest absolute Gasteiger partial charge is 0.312 e. The van der Waals surface area contributed by atoms with Crippen molar-refractivity contribution in [2.45, 2.75) is 6.04 Å². The summed E-state index contributed by atoms with van der Waals surface area (Å²) in [6.45, 7) is 0. The lowest BCUT2D eigenvalue weighted by Gasteiger charge is -2.33. The van der Waals surface area contributed by atoms with Crippen LogP contribution in [-0.2, 0) is 9.59 Å². The smallest absolute Gasteiger partial charge is 0.255 e. The Hall–Kier alpha value is -1.01. The molecule has 1 aliphatic heterocycles. The third-order valence-corrected chi connectivity index (χ3v) is 2.31. The van der Waals surface area contributed by atoms with Crippen LogP contribution in [0.4, 0.5) is 0 Å². The third kappa shape index (κ3) is 1.09. The number of nitrogens with zero attached hydrogens (tertiary/aromatic N) is 2. The van der Waals surface area contributed by atoms with Crippen molar-refractivity contribution in [2.24, 2.45) is 5.73 Å². The first kappa shape index (κ1) is 9.08.